The second kappa shape index (κ2) is 9.03. The summed E-state index contributed by atoms with van der Waals surface area (Å²) in [7, 11) is 1.63. The van der Waals surface area contributed by atoms with E-state index in [1.165, 1.54) is 0 Å². The van der Waals surface area contributed by atoms with E-state index in [1.54, 1.807) is 24.1 Å². The van der Waals surface area contributed by atoms with Crippen LogP contribution in [0.3, 0.4) is 0 Å². The van der Waals surface area contributed by atoms with Crippen LogP contribution in [0, 0.1) is 5.92 Å². The number of hydrogen-bond donors (Lipinski definition) is 0. The molecule has 5 rings (SSSR count). The quantitative estimate of drug-likeness (QED) is 0.557. The molecule has 3 aliphatic rings. The van der Waals surface area contributed by atoms with Gasteiger partial charge in [0.05, 0.1) is 34.7 Å². The molecule has 2 aromatic rings. The molecule has 2 aromatic carbocycles. The highest BCUT2D eigenvalue weighted by Gasteiger charge is 2.51. The fraction of sp³-hybridized carbons (Fsp3) is 0.385. The molecule has 0 bridgehead atoms. The summed E-state index contributed by atoms with van der Waals surface area (Å²) in [6, 6.07) is 12.5. The van der Waals surface area contributed by atoms with E-state index >= 15 is 0 Å². The Hall–Kier alpha value is -2.50. The average Bonchev–Trinajstić information content (AvgIpc) is 3.11. The third kappa shape index (κ3) is 4.02. The minimum Gasteiger partial charge on any atom is -0.497 e. The molecule has 1 aliphatic carbocycles. The number of amides is 1. The zero-order chi connectivity index (χ0) is 23.1. The fourth-order valence-corrected chi connectivity index (χ4v) is 5.50. The molecule has 172 valence electrons. The van der Waals surface area contributed by atoms with E-state index in [1.807, 2.05) is 30.3 Å². The van der Waals surface area contributed by atoms with Gasteiger partial charge in [0.15, 0.2) is 11.5 Å². The molecular weight excluding hydrogens is 461 g/mol. The van der Waals surface area contributed by atoms with Gasteiger partial charge >= 0.3 is 0 Å². The number of carbonyl (C=O) groups excluding carboxylic acids is 2. The minimum absolute atomic E-state index is 0.0392. The second-order valence-corrected chi connectivity index (χ2v) is 9.64. The number of methoxy groups -OCH3 is 1. The molecule has 1 amide bonds. The van der Waals surface area contributed by atoms with Crippen LogP contribution < -0.4 is 4.74 Å². The van der Waals surface area contributed by atoms with Crippen LogP contribution in [0.4, 0.5) is 0 Å². The van der Waals surface area contributed by atoms with Crippen molar-refractivity contribution >= 4 is 34.9 Å². The van der Waals surface area contributed by atoms with Crippen LogP contribution in [0.15, 0.2) is 53.8 Å². The van der Waals surface area contributed by atoms with Gasteiger partial charge < -0.3 is 14.4 Å². The normalized spacial score (nSPS) is 24.5. The second-order valence-electron chi connectivity index (χ2n) is 8.83. The van der Waals surface area contributed by atoms with Gasteiger partial charge in [-0.15, -0.1) is 0 Å². The van der Waals surface area contributed by atoms with Crippen molar-refractivity contribution < 1.29 is 19.1 Å². The summed E-state index contributed by atoms with van der Waals surface area (Å²) in [5.74, 6) is 0.624. The Kier molecular flexibility index (Phi) is 6.11. The van der Waals surface area contributed by atoms with Crippen LogP contribution in [0.2, 0.25) is 10.0 Å². The first-order chi connectivity index (χ1) is 16.0. The van der Waals surface area contributed by atoms with Crippen molar-refractivity contribution in [3.8, 4) is 5.75 Å². The van der Waals surface area contributed by atoms with E-state index < -0.39 is 6.04 Å². The molecule has 3 atom stereocenters. The highest BCUT2D eigenvalue weighted by Crippen LogP contribution is 2.47. The lowest BCUT2D eigenvalue weighted by molar-refractivity contribution is -0.135. The van der Waals surface area contributed by atoms with Crippen molar-refractivity contribution in [1.82, 2.24) is 4.90 Å². The van der Waals surface area contributed by atoms with Gasteiger partial charge in [0.25, 0.3) is 5.91 Å². The number of benzene rings is 2. The molecule has 5 nitrogen and oxygen atoms in total. The molecule has 0 aromatic heterocycles. The number of ether oxygens (including phenoxy) is 2. The number of fused-ring (bicyclic) bond motifs is 1. The van der Waals surface area contributed by atoms with E-state index in [0.717, 1.165) is 42.6 Å². The van der Waals surface area contributed by atoms with Crippen molar-refractivity contribution in [2.45, 2.75) is 44.2 Å². The first kappa shape index (κ1) is 22.3. The van der Waals surface area contributed by atoms with Gasteiger partial charge in [-0.25, -0.2) is 0 Å². The lowest BCUT2D eigenvalue weighted by atomic mass is 9.77. The van der Waals surface area contributed by atoms with Crippen LogP contribution in [-0.4, -0.2) is 36.3 Å². The summed E-state index contributed by atoms with van der Waals surface area (Å²) in [6.07, 6.45) is 4.06. The number of Topliss-reactive ketones (excluding diaryl/α,β-unsaturated/α-hetero) is 1. The molecule has 1 fully saturated rings. The fourth-order valence-electron chi connectivity index (χ4n) is 5.19. The summed E-state index contributed by atoms with van der Waals surface area (Å²) >= 11 is 12.5. The molecule has 2 heterocycles. The largest absolute Gasteiger partial charge is 0.497 e. The monoisotopic (exact) mass is 485 g/mol. The number of nitrogens with zero attached hydrogens (tertiary/aromatic N) is 1. The number of carbonyl (C=O) groups is 2. The Balaban J connectivity index is 1.50. The van der Waals surface area contributed by atoms with Gasteiger partial charge in [-0.3, -0.25) is 9.59 Å². The van der Waals surface area contributed by atoms with Crippen molar-refractivity contribution in [3.63, 3.8) is 0 Å². The molecule has 0 saturated heterocycles. The Morgan fingerprint density at radius 3 is 2.52 bits per heavy atom. The molecule has 0 spiro atoms. The number of ketones is 1. The van der Waals surface area contributed by atoms with Crippen molar-refractivity contribution in [1.29, 1.82) is 0 Å². The maximum Gasteiger partial charge on any atom is 0.290 e. The van der Waals surface area contributed by atoms with Crippen LogP contribution in [0.1, 0.15) is 42.9 Å². The molecule has 33 heavy (non-hydrogen) atoms. The van der Waals surface area contributed by atoms with Crippen LogP contribution >= 0.6 is 23.2 Å². The Morgan fingerprint density at radius 1 is 1.03 bits per heavy atom. The summed E-state index contributed by atoms with van der Waals surface area (Å²) in [6.45, 7) is 0.440. The first-order valence-electron chi connectivity index (χ1n) is 11.3. The van der Waals surface area contributed by atoms with Crippen LogP contribution in [-0.2, 0) is 20.7 Å². The van der Waals surface area contributed by atoms with Crippen LogP contribution in [0.25, 0.3) is 0 Å². The van der Waals surface area contributed by atoms with E-state index in [9.17, 15) is 9.59 Å². The minimum atomic E-state index is -0.532. The Morgan fingerprint density at radius 2 is 1.79 bits per heavy atom. The maximum absolute atomic E-state index is 13.6. The third-order valence-electron chi connectivity index (χ3n) is 6.92. The van der Waals surface area contributed by atoms with E-state index in [4.69, 9.17) is 32.7 Å². The van der Waals surface area contributed by atoms with E-state index in [2.05, 4.69) is 0 Å². The molecule has 3 unspecified atom stereocenters. The summed E-state index contributed by atoms with van der Waals surface area (Å²) in [4.78, 5) is 28.9. The van der Waals surface area contributed by atoms with Crippen LogP contribution in [0.5, 0.6) is 5.75 Å². The van der Waals surface area contributed by atoms with Gasteiger partial charge in [0.2, 0.25) is 0 Å². The van der Waals surface area contributed by atoms with Gasteiger partial charge in [-0.1, -0.05) is 47.8 Å². The zero-order valence-electron chi connectivity index (χ0n) is 18.4. The van der Waals surface area contributed by atoms with Crippen molar-refractivity contribution in [2.75, 3.05) is 13.7 Å². The number of rotatable bonds is 5. The molecule has 1 saturated carbocycles. The highest BCUT2D eigenvalue weighted by atomic mass is 35.5. The molecule has 2 aliphatic heterocycles. The molecular formula is C26H25Cl2NO4. The lowest BCUT2D eigenvalue weighted by Gasteiger charge is -2.35. The predicted octanol–water partition coefficient (Wildman–Crippen LogP) is 5.54. The SMILES string of the molecule is COc1ccc(CCN2C(=O)C3=C(C(=O)C4CCCCC4O3)C2c2ccc(Cl)c(Cl)c2)cc1. The number of halogens is 2. The first-order valence-corrected chi connectivity index (χ1v) is 12.1. The summed E-state index contributed by atoms with van der Waals surface area (Å²) in [5.41, 5.74) is 2.31. The lowest BCUT2D eigenvalue weighted by Crippen LogP contribution is -2.39. The smallest absolute Gasteiger partial charge is 0.290 e. The molecule has 0 radical (unpaired) electrons. The average molecular weight is 486 g/mol. The predicted molar refractivity (Wildman–Crippen MR) is 126 cm³/mol. The highest BCUT2D eigenvalue weighted by molar-refractivity contribution is 6.42. The van der Waals surface area contributed by atoms with Gasteiger partial charge in [0.1, 0.15) is 11.9 Å². The maximum atomic E-state index is 13.6. The van der Waals surface area contributed by atoms with E-state index in [0.29, 0.717) is 28.6 Å². The zero-order valence-corrected chi connectivity index (χ0v) is 19.9. The standard InChI is InChI=1S/C26H25Cl2NO4/c1-32-17-9-6-15(7-10-17)12-13-29-23(16-8-11-19(27)20(28)14-16)22-24(30)18-4-2-3-5-21(18)33-25(22)26(29)31/h6-11,14,18,21,23H,2-5,12-13H2,1H3. The van der Waals surface area contributed by atoms with Crippen molar-refractivity contribution in [3.05, 3.63) is 75.0 Å². The van der Waals surface area contributed by atoms with Gasteiger partial charge in [-0.2, -0.15) is 0 Å². The van der Waals surface area contributed by atoms with Gasteiger partial charge in [0, 0.05) is 6.54 Å². The number of hydrogen-bond acceptors (Lipinski definition) is 4. The van der Waals surface area contributed by atoms with Crippen molar-refractivity contribution in [2.24, 2.45) is 5.92 Å². The van der Waals surface area contributed by atoms with E-state index in [-0.39, 0.29) is 29.5 Å². The van der Waals surface area contributed by atoms with Gasteiger partial charge in [-0.05, 0) is 61.1 Å². The topological polar surface area (TPSA) is 55.8 Å². The summed E-state index contributed by atoms with van der Waals surface area (Å²) in [5, 5.41) is 0.827. The Labute approximate surface area is 203 Å². The Bertz CT molecular complexity index is 1130. The third-order valence-corrected chi connectivity index (χ3v) is 7.66. The molecule has 0 N–H and O–H groups in total. The molecule has 7 heteroatoms. The summed E-state index contributed by atoms with van der Waals surface area (Å²) < 4.78 is 11.4.